The van der Waals surface area contributed by atoms with Gasteiger partial charge in [-0.05, 0) is 45.0 Å². The Balaban J connectivity index is 1.88. The predicted octanol–water partition coefficient (Wildman–Crippen LogP) is 2.75. The number of hydrogen-bond acceptors (Lipinski definition) is 5. The Labute approximate surface area is 146 Å². The molecule has 1 aliphatic heterocycles. The molecule has 2 amide bonds. The summed E-state index contributed by atoms with van der Waals surface area (Å²) in [6, 6.07) is 7.17. The maximum Gasteiger partial charge on any atom is 0.262 e. The number of nitrogens with zero attached hydrogens (tertiary/aromatic N) is 2. The van der Waals surface area contributed by atoms with Gasteiger partial charge in [-0.2, -0.15) is 4.99 Å². The monoisotopic (exact) mass is 349 g/mol. The predicted molar refractivity (Wildman–Crippen MR) is 97.6 cm³/mol. The number of benzene rings is 1. The molecule has 0 bridgehead atoms. The van der Waals surface area contributed by atoms with Crippen LogP contribution in [0.2, 0.25) is 0 Å². The van der Waals surface area contributed by atoms with Gasteiger partial charge in [0, 0.05) is 25.2 Å². The molecule has 0 spiro atoms. The number of amidine groups is 1. The molecule has 130 valence electrons. The molecule has 1 heterocycles. The van der Waals surface area contributed by atoms with Crippen LogP contribution in [-0.4, -0.2) is 46.8 Å². The molecular formula is C17H23N3O3S. The first kappa shape index (κ1) is 18.3. The van der Waals surface area contributed by atoms with E-state index in [-0.39, 0.29) is 18.2 Å². The van der Waals surface area contributed by atoms with E-state index in [9.17, 15) is 9.59 Å². The van der Waals surface area contributed by atoms with Crippen molar-refractivity contribution in [3.05, 3.63) is 24.3 Å². The molecule has 1 unspecified atom stereocenters. The molecule has 0 aliphatic carbocycles. The summed E-state index contributed by atoms with van der Waals surface area (Å²) in [5.74, 6) is 0.332. The van der Waals surface area contributed by atoms with Gasteiger partial charge in [-0.3, -0.25) is 9.59 Å². The fourth-order valence-electron chi connectivity index (χ4n) is 2.32. The summed E-state index contributed by atoms with van der Waals surface area (Å²) in [6.45, 7) is 8.13. The minimum atomic E-state index is -0.441. The molecule has 1 N–H and O–H groups in total. The molecule has 6 nitrogen and oxygen atoms in total. The average Bonchev–Trinajstić information content (AvgIpc) is 2.91. The van der Waals surface area contributed by atoms with Gasteiger partial charge < -0.3 is 15.0 Å². The van der Waals surface area contributed by atoms with Crippen molar-refractivity contribution in [1.82, 2.24) is 4.90 Å². The van der Waals surface area contributed by atoms with Gasteiger partial charge in [-0.15, -0.1) is 0 Å². The second-order valence-corrected chi connectivity index (χ2v) is 6.39. The summed E-state index contributed by atoms with van der Waals surface area (Å²) in [7, 11) is 0. The molecule has 0 saturated carbocycles. The minimum absolute atomic E-state index is 0.116. The Morgan fingerprint density at radius 2 is 1.92 bits per heavy atom. The van der Waals surface area contributed by atoms with E-state index in [4.69, 9.17) is 4.74 Å². The van der Waals surface area contributed by atoms with E-state index in [0.29, 0.717) is 17.5 Å². The second kappa shape index (κ2) is 8.73. The third kappa shape index (κ3) is 4.74. The molecule has 0 aromatic heterocycles. The molecule has 1 aliphatic rings. The quantitative estimate of drug-likeness (QED) is 0.819. The molecule has 2 rings (SSSR count). The number of rotatable bonds is 7. The number of hydrogen-bond donors (Lipinski definition) is 1. The van der Waals surface area contributed by atoms with E-state index >= 15 is 0 Å². The largest absolute Gasteiger partial charge is 0.494 e. The number of thioether (sulfide) groups is 1. The van der Waals surface area contributed by atoms with Crippen molar-refractivity contribution in [3.63, 3.8) is 0 Å². The molecule has 7 heteroatoms. The summed E-state index contributed by atoms with van der Waals surface area (Å²) in [4.78, 5) is 30.3. The lowest BCUT2D eigenvalue weighted by molar-refractivity contribution is -0.121. The average molecular weight is 349 g/mol. The Hall–Kier alpha value is -2.02. The molecule has 1 aromatic rings. The Kier molecular flexibility index (Phi) is 6.66. The first-order chi connectivity index (χ1) is 11.6. The van der Waals surface area contributed by atoms with Crippen molar-refractivity contribution in [2.24, 2.45) is 4.99 Å². The number of amides is 2. The molecule has 0 fully saturated rings. The SMILES string of the molecule is CCOc1ccc(NC(=O)CC2SC(N(CC)CC)=NC2=O)cc1. The standard InChI is InChI=1S/C17H23N3O3S/c1-4-20(5-2)17-19-16(22)14(24-17)11-15(21)18-12-7-9-13(10-8-12)23-6-3/h7-10,14H,4-6,11H2,1-3H3,(H,18,21). The lowest BCUT2D eigenvalue weighted by Gasteiger charge is -2.19. The minimum Gasteiger partial charge on any atom is -0.494 e. The number of ether oxygens (including phenoxy) is 1. The van der Waals surface area contributed by atoms with E-state index in [1.807, 2.05) is 25.7 Å². The summed E-state index contributed by atoms with van der Waals surface area (Å²) in [5.41, 5.74) is 0.684. The fraction of sp³-hybridized carbons (Fsp3) is 0.471. The fourth-order valence-corrected chi connectivity index (χ4v) is 3.51. The van der Waals surface area contributed by atoms with Crippen LogP contribution < -0.4 is 10.1 Å². The van der Waals surface area contributed by atoms with Crippen LogP contribution in [-0.2, 0) is 9.59 Å². The third-order valence-electron chi connectivity index (χ3n) is 3.58. The molecular weight excluding hydrogens is 326 g/mol. The first-order valence-electron chi connectivity index (χ1n) is 8.14. The number of anilines is 1. The van der Waals surface area contributed by atoms with Gasteiger partial charge >= 0.3 is 0 Å². The summed E-state index contributed by atoms with van der Waals surface area (Å²) in [6.07, 6.45) is 0.116. The van der Waals surface area contributed by atoms with Gasteiger partial charge in [-0.1, -0.05) is 11.8 Å². The zero-order valence-electron chi connectivity index (χ0n) is 14.2. The molecule has 24 heavy (non-hydrogen) atoms. The molecule has 1 aromatic carbocycles. The number of carbonyl (C=O) groups excluding carboxylic acids is 2. The highest BCUT2D eigenvalue weighted by Crippen LogP contribution is 2.27. The van der Waals surface area contributed by atoms with Gasteiger partial charge in [0.15, 0.2) is 5.17 Å². The van der Waals surface area contributed by atoms with Crippen molar-refractivity contribution in [3.8, 4) is 5.75 Å². The van der Waals surface area contributed by atoms with Crippen LogP contribution in [0.4, 0.5) is 5.69 Å². The van der Waals surface area contributed by atoms with Crippen LogP contribution in [0.15, 0.2) is 29.3 Å². The number of aliphatic imine (C=N–C) groups is 1. The van der Waals surface area contributed by atoms with Gasteiger partial charge in [0.25, 0.3) is 5.91 Å². The number of nitrogens with one attached hydrogen (secondary N) is 1. The van der Waals surface area contributed by atoms with Crippen molar-refractivity contribution in [2.45, 2.75) is 32.4 Å². The van der Waals surface area contributed by atoms with E-state index < -0.39 is 5.25 Å². The van der Waals surface area contributed by atoms with Crippen molar-refractivity contribution in [2.75, 3.05) is 25.0 Å². The van der Waals surface area contributed by atoms with Crippen LogP contribution in [0.3, 0.4) is 0 Å². The Morgan fingerprint density at radius 3 is 2.50 bits per heavy atom. The lowest BCUT2D eigenvalue weighted by atomic mass is 10.2. The van der Waals surface area contributed by atoms with Gasteiger partial charge in [0.1, 0.15) is 11.0 Å². The summed E-state index contributed by atoms with van der Waals surface area (Å²) in [5, 5.41) is 3.08. The summed E-state index contributed by atoms with van der Waals surface area (Å²) >= 11 is 1.37. The van der Waals surface area contributed by atoms with Crippen LogP contribution in [0.5, 0.6) is 5.75 Å². The maximum atomic E-state index is 12.2. The van der Waals surface area contributed by atoms with Crippen LogP contribution in [0, 0.1) is 0 Å². The first-order valence-corrected chi connectivity index (χ1v) is 9.02. The van der Waals surface area contributed by atoms with E-state index in [1.54, 1.807) is 24.3 Å². The zero-order valence-corrected chi connectivity index (χ0v) is 15.1. The molecule has 0 radical (unpaired) electrons. The lowest BCUT2D eigenvalue weighted by Crippen LogP contribution is -2.27. The summed E-state index contributed by atoms with van der Waals surface area (Å²) < 4.78 is 5.36. The van der Waals surface area contributed by atoms with Crippen LogP contribution >= 0.6 is 11.8 Å². The van der Waals surface area contributed by atoms with Gasteiger partial charge in [0.05, 0.1) is 6.61 Å². The van der Waals surface area contributed by atoms with Gasteiger partial charge in [-0.25, -0.2) is 0 Å². The van der Waals surface area contributed by atoms with Crippen molar-refractivity contribution < 1.29 is 14.3 Å². The maximum absolute atomic E-state index is 12.2. The zero-order chi connectivity index (χ0) is 17.5. The van der Waals surface area contributed by atoms with E-state index in [2.05, 4.69) is 10.3 Å². The molecule has 0 saturated heterocycles. The number of carbonyl (C=O) groups is 2. The highest BCUT2D eigenvalue weighted by Gasteiger charge is 2.32. The Morgan fingerprint density at radius 1 is 1.25 bits per heavy atom. The van der Waals surface area contributed by atoms with Gasteiger partial charge in [0.2, 0.25) is 5.91 Å². The van der Waals surface area contributed by atoms with Crippen LogP contribution in [0.1, 0.15) is 27.2 Å². The smallest absolute Gasteiger partial charge is 0.262 e. The van der Waals surface area contributed by atoms with E-state index in [0.717, 1.165) is 18.8 Å². The second-order valence-electron chi connectivity index (χ2n) is 5.22. The highest BCUT2D eigenvalue weighted by molar-refractivity contribution is 8.15. The van der Waals surface area contributed by atoms with Crippen LogP contribution in [0.25, 0.3) is 0 Å². The van der Waals surface area contributed by atoms with Crippen molar-refractivity contribution in [1.29, 1.82) is 0 Å². The van der Waals surface area contributed by atoms with E-state index in [1.165, 1.54) is 11.8 Å². The van der Waals surface area contributed by atoms with Crippen molar-refractivity contribution >= 4 is 34.4 Å². The topological polar surface area (TPSA) is 71.0 Å². The Bertz CT molecular complexity index is 612. The normalized spacial score (nSPS) is 16.7. The third-order valence-corrected chi connectivity index (χ3v) is 4.80. The highest BCUT2D eigenvalue weighted by atomic mass is 32.2. The molecule has 1 atom stereocenters.